The van der Waals surface area contributed by atoms with E-state index < -0.39 is 0 Å². The van der Waals surface area contributed by atoms with Crippen molar-refractivity contribution in [2.24, 2.45) is 0 Å². The highest BCUT2D eigenvalue weighted by atomic mass is 32.2. The molecule has 0 spiro atoms. The van der Waals surface area contributed by atoms with E-state index in [-0.39, 0.29) is 0 Å². The topological polar surface area (TPSA) is 12.0 Å². The van der Waals surface area contributed by atoms with Crippen molar-refractivity contribution in [2.45, 2.75) is 12.1 Å². The molecule has 1 N–H and O–H groups in total. The lowest BCUT2D eigenvalue weighted by molar-refractivity contribution is 0.511. The van der Waals surface area contributed by atoms with Gasteiger partial charge in [0.15, 0.2) is 0 Å². The predicted octanol–water partition coefficient (Wildman–Crippen LogP) is 0.807. The molecule has 0 aromatic carbocycles. The maximum atomic E-state index is 3.61. The first-order valence-corrected chi connectivity index (χ1v) is 5.67. The van der Waals surface area contributed by atoms with E-state index in [0.29, 0.717) is 0 Å². The molecule has 0 amide bonds. The first-order valence-electron chi connectivity index (χ1n) is 3.37. The van der Waals surface area contributed by atoms with Crippen LogP contribution in [0.25, 0.3) is 0 Å². The molecule has 0 aromatic heterocycles. The zero-order chi connectivity index (χ0) is 6.10. The van der Waals surface area contributed by atoms with Crippen LogP contribution in [0.3, 0.4) is 0 Å². The van der Waals surface area contributed by atoms with Crippen LogP contribution >= 0.6 is 23.5 Å². The van der Waals surface area contributed by atoms with Crippen molar-refractivity contribution in [3.63, 3.8) is 0 Å². The lowest BCUT2D eigenvalue weighted by atomic mass is 10.3. The fraction of sp³-hybridized carbons (Fsp3) is 1.00. The molecule has 2 aliphatic rings. The number of thioether (sulfide) groups is 2. The fourth-order valence-electron chi connectivity index (χ4n) is 0.997. The maximum Gasteiger partial charge on any atom is 0.0252 e. The number of hydrogen-bond donors (Lipinski definition) is 1. The average Bonchev–Trinajstić information content (AvgIpc) is 1.57. The summed E-state index contributed by atoms with van der Waals surface area (Å²) < 4.78 is 0. The van der Waals surface area contributed by atoms with Gasteiger partial charge < -0.3 is 5.32 Å². The molecule has 9 heavy (non-hydrogen) atoms. The highest BCUT2D eigenvalue weighted by Crippen LogP contribution is 2.22. The molecule has 2 fully saturated rings. The molecule has 0 atom stereocenters. The highest BCUT2D eigenvalue weighted by molar-refractivity contribution is 8.01. The van der Waals surface area contributed by atoms with E-state index in [0.717, 1.165) is 12.1 Å². The summed E-state index contributed by atoms with van der Waals surface area (Å²) in [6.45, 7) is 0. The van der Waals surface area contributed by atoms with Crippen LogP contribution in [-0.4, -0.2) is 35.1 Å². The van der Waals surface area contributed by atoms with Gasteiger partial charge in [0, 0.05) is 35.1 Å². The molecule has 3 heteroatoms. The largest absolute Gasteiger partial charge is 0.308 e. The Kier molecular flexibility index (Phi) is 1.93. The minimum atomic E-state index is 0.862. The highest BCUT2D eigenvalue weighted by Gasteiger charge is 2.25. The molecule has 0 bridgehead atoms. The minimum absolute atomic E-state index is 0.862. The molecule has 0 unspecified atom stereocenters. The molecule has 0 saturated carbocycles. The Morgan fingerprint density at radius 1 is 0.889 bits per heavy atom. The second-order valence-electron chi connectivity index (χ2n) is 2.64. The van der Waals surface area contributed by atoms with Crippen LogP contribution < -0.4 is 5.32 Å². The molecular formula is C6H11NS2. The van der Waals surface area contributed by atoms with Gasteiger partial charge in [0.05, 0.1) is 0 Å². The van der Waals surface area contributed by atoms with Crippen molar-refractivity contribution < 1.29 is 0 Å². The Morgan fingerprint density at radius 3 is 1.56 bits per heavy atom. The summed E-state index contributed by atoms with van der Waals surface area (Å²) in [5.74, 6) is 5.39. The zero-order valence-electron chi connectivity index (χ0n) is 5.30. The van der Waals surface area contributed by atoms with Gasteiger partial charge in [-0.3, -0.25) is 0 Å². The van der Waals surface area contributed by atoms with Gasteiger partial charge in [-0.2, -0.15) is 23.5 Å². The van der Waals surface area contributed by atoms with Gasteiger partial charge in [-0.1, -0.05) is 0 Å². The van der Waals surface area contributed by atoms with Crippen molar-refractivity contribution in [3.05, 3.63) is 0 Å². The Bertz CT molecular complexity index is 87.2. The van der Waals surface area contributed by atoms with Crippen LogP contribution in [0.5, 0.6) is 0 Å². The maximum absolute atomic E-state index is 3.61. The van der Waals surface area contributed by atoms with Gasteiger partial charge in [-0.15, -0.1) is 0 Å². The summed E-state index contributed by atoms with van der Waals surface area (Å²) in [6, 6.07) is 1.72. The van der Waals surface area contributed by atoms with Crippen LogP contribution in [0.15, 0.2) is 0 Å². The summed E-state index contributed by atoms with van der Waals surface area (Å²) in [7, 11) is 0. The van der Waals surface area contributed by atoms with E-state index in [1.165, 1.54) is 23.0 Å². The molecule has 1 nitrogen and oxygen atoms in total. The van der Waals surface area contributed by atoms with Crippen molar-refractivity contribution in [1.82, 2.24) is 5.32 Å². The molecule has 2 saturated heterocycles. The molecule has 2 aliphatic heterocycles. The summed E-state index contributed by atoms with van der Waals surface area (Å²) in [4.78, 5) is 0. The molecule has 2 heterocycles. The number of rotatable bonds is 2. The van der Waals surface area contributed by atoms with E-state index in [9.17, 15) is 0 Å². The van der Waals surface area contributed by atoms with E-state index in [1.807, 2.05) is 0 Å². The van der Waals surface area contributed by atoms with Gasteiger partial charge in [-0.05, 0) is 0 Å². The number of nitrogens with one attached hydrogen (secondary N) is 1. The van der Waals surface area contributed by atoms with Crippen LogP contribution in [0.2, 0.25) is 0 Å². The van der Waals surface area contributed by atoms with Crippen LogP contribution in [0, 0.1) is 0 Å². The summed E-state index contributed by atoms with van der Waals surface area (Å²) in [5.41, 5.74) is 0. The first-order chi connectivity index (χ1) is 4.45. The van der Waals surface area contributed by atoms with Gasteiger partial charge in [0.1, 0.15) is 0 Å². The normalized spacial score (nSPS) is 29.3. The third kappa shape index (κ3) is 1.38. The van der Waals surface area contributed by atoms with Gasteiger partial charge in [0.2, 0.25) is 0 Å². The van der Waals surface area contributed by atoms with E-state index in [1.54, 1.807) is 0 Å². The third-order valence-electron chi connectivity index (χ3n) is 1.75. The Labute approximate surface area is 64.3 Å². The zero-order valence-corrected chi connectivity index (χ0v) is 6.93. The second-order valence-corrected chi connectivity index (χ2v) is 4.79. The second kappa shape index (κ2) is 2.72. The first kappa shape index (κ1) is 6.38. The summed E-state index contributed by atoms with van der Waals surface area (Å²) in [6.07, 6.45) is 0. The molecule has 0 radical (unpaired) electrons. The van der Waals surface area contributed by atoms with Crippen molar-refractivity contribution in [3.8, 4) is 0 Å². The lowest BCUT2D eigenvalue weighted by Crippen LogP contribution is -2.51. The van der Waals surface area contributed by atoms with Crippen molar-refractivity contribution >= 4 is 23.5 Å². The quantitative estimate of drug-likeness (QED) is 0.643. The Hall–Kier alpha value is 0.660. The molecule has 0 aromatic rings. The minimum Gasteiger partial charge on any atom is -0.308 e. The van der Waals surface area contributed by atoms with Crippen LogP contribution in [-0.2, 0) is 0 Å². The summed E-state index contributed by atoms with van der Waals surface area (Å²) >= 11 is 4.10. The molecule has 0 aliphatic carbocycles. The SMILES string of the molecule is C1SCC1NC1CSC1. The average molecular weight is 161 g/mol. The lowest BCUT2D eigenvalue weighted by Gasteiger charge is -2.34. The fourth-order valence-corrected chi connectivity index (χ4v) is 2.32. The smallest absolute Gasteiger partial charge is 0.0252 e. The van der Waals surface area contributed by atoms with E-state index in [4.69, 9.17) is 0 Å². The Morgan fingerprint density at radius 2 is 1.33 bits per heavy atom. The molecule has 2 rings (SSSR count). The van der Waals surface area contributed by atoms with Crippen molar-refractivity contribution in [1.29, 1.82) is 0 Å². The van der Waals surface area contributed by atoms with Gasteiger partial charge in [0.25, 0.3) is 0 Å². The van der Waals surface area contributed by atoms with Crippen LogP contribution in [0.4, 0.5) is 0 Å². The van der Waals surface area contributed by atoms with E-state index in [2.05, 4.69) is 28.8 Å². The van der Waals surface area contributed by atoms with Gasteiger partial charge in [-0.25, -0.2) is 0 Å². The van der Waals surface area contributed by atoms with Crippen molar-refractivity contribution in [2.75, 3.05) is 23.0 Å². The Balaban J connectivity index is 1.64. The monoisotopic (exact) mass is 161 g/mol. The molecular weight excluding hydrogens is 150 g/mol. The molecule has 52 valence electrons. The summed E-state index contributed by atoms with van der Waals surface area (Å²) in [5, 5.41) is 3.61. The van der Waals surface area contributed by atoms with Gasteiger partial charge >= 0.3 is 0 Å². The standard InChI is InChI=1S/C6H11NS2/c1-5(2-8-1)7-6-3-9-4-6/h5-7H,1-4H2. The van der Waals surface area contributed by atoms with E-state index >= 15 is 0 Å². The third-order valence-corrected chi connectivity index (χ3v) is 4.30. The van der Waals surface area contributed by atoms with Crippen LogP contribution in [0.1, 0.15) is 0 Å². The number of hydrogen-bond acceptors (Lipinski definition) is 3. The predicted molar refractivity (Wildman–Crippen MR) is 45.4 cm³/mol.